The molecule has 0 spiro atoms. The monoisotopic (exact) mass is 423 g/mol. The molecule has 0 atom stereocenters. The first-order chi connectivity index (χ1) is 13.9. The number of H-pyrrole nitrogens is 1. The molecule has 0 saturated carbocycles. The van der Waals surface area contributed by atoms with Gasteiger partial charge in [-0.1, -0.05) is 65.7 Å². The number of rotatable bonds is 5. The molecule has 4 nitrogen and oxygen atoms in total. The number of carbonyl (C=O) groups is 2. The maximum atomic E-state index is 13.3. The highest BCUT2D eigenvalue weighted by atomic mass is 35.5. The fourth-order valence-corrected chi connectivity index (χ4v) is 3.69. The maximum Gasteiger partial charge on any atom is 0.307 e. The predicted octanol–water partition coefficient (Wildman–Crippen LogP) is 6.00. The summed E-state index contributed by atoms with van der Waals surface area (Å²) in [6.07, 6.45) is -0.239. The van der Waals surface area contributed by atoms with Crippen molar-refractivity contribution in [1.29, 1.82) is 0 Å². The van der Waals surface area contributed by atoms with Crippen molar-refractivity contribution in [3.8, 4) is 11.1 Å². The number of nitrogens with one attached hydrogen (secondary N) is 1. The Morgan fingerprint density at radius 3 is 2.38 bits per heavy atom. The largest absolute Gasteiger partial charge is 0.481 e. The van der Waals surface area contributed by atoms with Gasteiger partial charge in [0.2, 0.25) is 5.78 Å². The summed E-state index contributed by atoms with van der Waals surface area (Å²) >= 11 is 12.1. The van der Waals surface area contributed by atoms with Gasteiger partial charge < -0.3 is 10.1 Å². The zero-order valence-corrected chi connectivity index (χ0v) is 16.6. The van der Waals surface area contributed by atoms with Crippen molar-refractivity contribution in [3.63, 3.8) is 0 Å². The number of aliphatic carboxylic acids is 1. The molecule has 3 aromatic carbocycles. The third kappa shape index (κ3) is 3.77. The molecule has 0 bridgehead atoms. The Morgan fingerprint density at radius 1 is 0.862 bits per heavy atom. The standard InChI is InChI=1S/C23H15Cl2NO3/c24-18-9-8-14(11-19(18)25)13-4-3-5-15(10-13)23(29)22-17(12-21(27)28)16-6-1-2-7-20(16)26-22/h1-11,26H,12H2,(H,27,28). The summed E-state index contributed by atoms with van der Waals surface area (Å²) in [5.74, 6) is -1.26. The van der Waals surface area contributed by atoms with Crippen LogP contribution in [-0.2, 0) is 11.2 Å². The average molecular weight is 424 g/mol. The van der Waals surface area contributed by atoms with Crippen molar-refractivity contribution in [3.05, 3.63) is 93.6 Å². The molecule has 0 aliphatic heterocycles. The normalized spacial score (nSPS) is 11.0. The number of carbonyl (C=O) groups excluding carboxylic acids is 1. The summed E-state index contributed by atoms with van der Waals surface area (Å²) in [6, 6.07) is 19.7. The zero-order chi connectivity index (χ0) is 20.5. The molecule has 0 saturated heterocycles. The molecule has 1 aromatic heterocycles. The molecule has 2 N–H and O–H groups in total. The number of fused-ring (bicyclic) bond motifs is 1. The first-order valence-corrected chi connectivity index (χ1v) is 9.61. The Morgan fingerprint density at radius 2 is 1.62 bits per heavy atom. The second-order valence-electron chi connectivity index (χ2n) is 6.63. The quantitative estimate of drug-likeness (QED) is 0.386. The van der Waals surface area contributed by atoms with Gasteiger partial charge in [0, 0.05) is 22.0 Å². The van der Waals surface area contributed by atoms with Crippen molar-refractivity contribution < 1.29 is 14.7 Å². The van der Waals surface area contributed by atoms with E-state index in [0.717, 1.165) is 22.0 Å². The molecule has 29 heavy (non-hydrogen) atoms. The fraction of sp³-hybridized carbons (Fsp3) is 0.0435. The Balaban J connectivity index is 1.79. The summed E-state index contributed by atoms with van der Waals surface area (Å²) in [7, 11) is 0. The molecule has 6 heteroatoms. The Kier molecular flexibility index (Phi) is 5.14. The van der Waals surface area contributed by atoms with Gasteiger partial charge in [0.1, 0.15) is 0 Å². The van der Waals surface area contributed by atoms with Crippen molar-refractivity contribution >= 4 is 45.9 Å². The van der Waals surface area contributed by atoms with Crippen LogP contribution in [0.25, 0.3) is 22.0 Å². The van der Waals surface area contributed by atoms with Crippen LogP contribution in [0, 0.1) is 0 Å². The van der Waals surface area contributed by atoms with Crippen LogP contribution in [-0.4, -0.2) is 21.8 Å². The van der Waals surface area contributed by atoms with Crippen molar-refractivity contribution in [2.24, 2.45) is 0 Å². The number of hydrogen-bond acceptors (Lipinski definition) is 2. The third-order valence-electron chi connectivity index (χ3n) is 4.75. The Labute approximate surface area is 176 Å². The first-order valence-electron chi connectivity index (χ1n) is 8.85. The average Bonchev–Trinajstić information content (AvgIpc) is 3.07. The minimum Gasteiger partial charge on any atom is -0.481 e. The van der Waals surface area contributed by atoms with Crippen LogP contribution in [0.1, 0.15) is 21.6 Å². The summed E-state index contributed by atoms with van der Waals surface area (Å²) in [4.78, 5) is 27.7. The van der Waals surface area contributed by atoms with Crippen LogP contribution in [0.3, 0.4) is 0 Å². The highest BCUT2D eigenvalue weighted by Crippen LogP contribution is 2.30. The smallest absolute Gasteiger partial charge is 0.307 e. The number of ketones is 1. The van der Waals surface area contributed by atoms with E-state index in [9.17, 15) is 14.7 Å². The molecule has 0 radical (unpaired) electrons. The number of para-hydroxylation sites is 1. The minimum atomic E-state index is -0.992. The summed E-state index contributed by atoms with van der Waals surface area (Å²) in [6.45, 7) is 0. The van der Waals surface area contributed by atoms with Gasteiger partial charge in [0.15, 0.2) is 0 Å². The lowest BCUT2D eigenvalue weighted by molar-refractivity contribution is -0.136. The molecule has 4 rings (SSSR count). The topological polar surface area (TPSA) is 70.2 Å². The van der Waals surface area contributed by atoms with E-state index in [-0.39, 0.29) is 12.2 Å². The van der Waals surface area contributed by atoms with E-state index < -0.39 is 5.97 Å². The van der Waals surface area contributed by atoms with Crippen LogP contribution >= 0.6 is 23.2 Å². The highest BCUT2D eigenvalue weighted by Gasteiger charge is 2.21. The summed E-state index contributed by atoms with van der Waals surface area (Å²) in [5.41, 5.74) is 3.60. The van der Waals surface area contributed by atoms with Crippen LogP contribution in [0.4, 0.5) is 0 Å². The van der Waals surface area contributed by atoms with E-state index in [4.69, 9.17) is 23.2 Å². The SMILES string of the molecule is O=C(O)Cc1c(C(=O)c2cccc(-c3ccc(Cl)c(Cl)c3)c2)[nH]c2ccccc12. The van der Waals surface area contributed by atoms with Crippen LogP contribution in [0.5, 0.6) is 0 Å². The molecule has 1 heterocycles. The van der Waals surface area contributed by atoms with E-state index >= 15 is 0 Å². The number of carboxylic acid groups (broad SMARTS) is 1. The number of halogens is 2. The number of hydrogen-bond donors (Lipinski definition) is 2. The Hall–Kier alpha value is -3.08. The lowest BCUT2D eigenvalue weighted by Crippen LogP contribution is -2.09. The molecule has 0 aliphatic rings. The predicted molar refractivity (Wildman–Crippen MR) is 115 cm³/mol. The van der Waals surface area contributed by atoms with Gasteiger partial charge in [-0.3, -0.25) is 9.59 Å². The molecule has 0 unspecified atom stereocenters. The number of carboxylic acids is 1. The summed E-state index contributed by atoms with van der Waals surface area (Å²) < 4.78 is 0. The number of aromatic nitrogens is 1. The molecule has 144 valence electrons. The summed E-state index contributed by atoms with van der Waals surface area (Å²) in [5, 5.41) is 10.9. The van der Waals surface area contributed by atoms with E-state index in [1.807, 2.05) is 36.4 Å². The van der Waals surface area contributed by atoms with Gasteiger partial charge in [-0.25, -0.2) is 0 Å². The maximum absolute atomic E-state index is 13.3. The second-order valence-corrected chi connectivity index (χ2v) is 7.45. The molecule has 4 aromatic rings. The zero-order valence-electron chi connectivity index (χ0n) is 15.1. The minimum absolute atomic E-state index is 0.239. The molecule has 0 fully saturated rings. The van der Waals surface area contributed by atoms with Gasteiger partial charge in [-0.2, -0.15) is 0 Å². The molecular formula is C23H15Cl2NO3. The second kappa shape index (κ2) is 7.74. The Bertz CT molecular complexity index is 1260. The van der Waals surface area contributed by atoms with Gasteiger partial charge in [0.25, 0.3) is 0 Å². The van der Waals surface area contributed by atoms with E-state index in [2.05, 4.69) is 4.98 Å². The van der Waals surface area contributed by atoms with Crippen LogP contribution in [0.15, 0.2) is 66.7 Å². The molecule has 0 aliphatic carbocycles. The van der Waals surface area contributed by atoms with Crippen molar-refractivity contribution in [1.82, 2.24) is 4.98 Å². The third-order valence-corrected chi connectivity index (χ3v) is 5.49. The van der Waals surface area contributed by atoms with Gasteiger partial charge in [0.05, 0.1) is 22.2 Å². The first kappa shape index (κ1) is 19.2. The van der Waals surface area contributed by atoms with Crippen LogP contribution in [0.2, 0.25) is 10.0 Å². The van der Waals surface area contributed by atoms with E-state index in [0.29, 0.717) is 26.9 Å². The molecule has 0 amide bonds. The van der Waals surface area contributed by atoms with Gasteiger partial charge in [-0.15, -0.1) is 0 Å². The number of aromatic amines is 1. The van der Waals surface area contributed by atoms with E-state index in [1.54, 1.807) is 30.3 Å². The lowest BCUT2D eigenvalue weighted by Gasteiger charge is -2.07. The van der Waals surface area contributed by atoms with Crippen molar-refractivity contribution in [2.45, 2.75) is 6.42 Å². The highest BCUT2D eigenvalue weighted by molar-refractivity contribution is 6.42. The van der Waals surface area contributed by atoms with Gasteiger partial charge in [-0.05, 0) is 35.4 Å². The van der Waals surface area contributed by atoms with Gasteiger partial charge >= 0.3 is 5.97 Å². The molecular weight excluding hydrogens is 409 g/mol. The lowest BCUT2D eigenvalue weighted by atomic mass is 9.98. The fourth-order valence-electron chi connectivity index (χ4n) is 3.39. The number of benzene rings is 3. The van der Waals surface area contributed by atoms with Crippen molar-refractivity contribution in [2.75, 3.05) is 0 Å². The van der Waals surface area contributed by atoms with E-state index in [1.165, 1.54) is 0 Å². The van der Waals surface area contributed by atoms with Crippen LogP contribution < -0.4 is 0 Å².